The van der Waals surface area contributed by atoms with Crippen LogP contribution >= 0.6 is 59.4 Å². The highest BCUT2D eigenvalue weighted by Crippen LogP contribution is 2.36. The van der Waals surface area contributed by atoms with Crippen LogP contribution in [0.2, 0.25) is 5.02 Å². The predicted molar refractivity (Wildman–Crippen MR) is 96.8 cm³/mol. The Hall–Kier alpha value is -0.230. The molecule has 0 aromatic heterocycles. The summed E-state index contributed by atoms with van der Waals surface area (Å²) in [6.45, 7) is 0.370. The minimum absolute atomic E-state index is 0.370. The van der Waals surface area contributed by atoms with E-state index in [1.54, 1.807) is 13.2 Å². The van der Waals surface area contributed by atoms with Gasteiger partial charge in [0.1, 0.15) is 18.1 Å². The van der Waals surface area contributed by atoms with Crippen LogP contribution in [0.15, 0.2) is 39.3 Å². The Bertz CT molecular complexity index is 624. The van der Waals surface area contributed by atoms with Crippen molar-refractivity contribution in [3.05, 3.63) is 55.4 Å². The molecule has 2 aromatic rings. The smallest absolute Gasteiger partial charge is 0.148 e. The Morgan fingerprint density at radius 3 is 2.33 bits per heavy atom. The van der Waals surface area contributed by atoms with E-state index in [1.807, 2.05) is 24.3 Å². The lowest BCUT2D eigenvalue weighted by Gasteiger charge is -2.14. The van der Waals surface area contributed by atoms with Crippen LogP contribution in [0.3, 0.4) is 0 Å². The van der Waals surface area contributed by atoms with E-state index >= 15 is 0 Å². The average molecular weight is 499 g/mol. The van der Waals surface area contributed by atoms with E-state index in [2.05, 4.69) is 47.8 Å². The van der Waals surface area contributed by atoms with Gasteiger partial charge in [-0.2, -0.15) is 0 Å². The van der Waals surface area contributed by atoms with E-state index in [0.717, 1.165) is 36.9 Å². The Labute approximate surface area is 154 Å². The van der Waals surface area contributed by atoms with Crippen LogP contribution in [0.25, 0.3) is 0 Å². The van der Waals surface area contributed by atoms with E-state index in [-0.39, 0.29) is 0 Å². The maximum absolute atomic E-state index is 6.02. The molecular formula is C15H12Br3ClO2. The van der Waals surface area contributed by atoms with Crippen molar-refractivity contribution < 1.29 is 9.47 Å². The lowest BCUT2D eigenvalue weighted by molar-refractivity contribution is 0.293. The Balaban J connectivity index is 2.22. The molecule has 0 atom stereocenters. The molecule has 6 heteroatoms. The van der Waals surface area contributed by atoms with Crippen molar-refractivity contribution in [2.24, 2.45) is 0 Å². The van der Waals surface area contributed by atoms with E-state index in [0.29, 0.717) is 11.6 Å². The number of halogens is 4. The molecule has 2 rings (SSSR count). The molecule has 0 amide bonds. The van der Waals surface area contributed by atoms with Crippen LogP contribution in [0.4, 0.5) is 0 Å². The van der Waals surface area contributed by atoms with Gasteiger partial charge in [-0.25, -0.2) is 0 Å². The lowest BCUT2D eigenvalue weighted by atomic mass is 10.2. The van der Waals surface area contributed by atoms with Gasteiger partial charge in [0.05, 0.1) is 16.1 Å². The fraction of sp³-hybridized carbons (Fsp3) is 0.200. The van der Waals surface area contributed by atoms with Crippen molar-refractivity contribution in [2.75, 3.05) is 7.11 Å². The van der Waals surface area contributed by atoms with Crippen molar-refractivity contribution in [1.29, 1.82) is 0 Å². The SMILES string of the molecule is COc1ccc(Cl)cc1COc1c(Br)cc(CBr)cc1Br. The number of hydrogen-bond donors (Lipinski definition) is 0. The molecule has 0 radical (unpaired) electrons. The largest absolute Gasteiger partial charge is 0.496 e. The molecule has 21 heavy (non-hydrogen) atoms. The first-order valence-corrected chi connectivity index (χ1v) is 9.12. The highest BCUT2D eigenvalue weighted by atomic mass is 79.9. The molecule has 0 heterocycles. The van der Waals surface area contributed by atoms with Gasteiger partial charge in [-0.3, -0.25) is 0 Å². The van der Waals surface area contributed by atoms with Crippen molar-refractivity contribution in [3.63, 3.8) is 0 Å². The molecule has 2 aromatic carbocycles. The first kappa shape index (κ1) is 17.1. The predicted octanol–water partition coefficient (Wildman–Crippen LogP) is 6.35. The van der Waals surface area contributed by atoms with Gasteiger partial charge >= 0.3 is 0 Å². The van der Waals surface area contributed by atoms with Crippen LogP contribution in [0.5, 0.6) is 11.5 Å². The molecule has 0 saturated carbocycles. The van der Waals surface area contributed by atoms with Gasteiger partial charge in [-0.1, -0.05) is 27.5 Å². The zero-order valence-corrected chi connectivity index (χ0v) is 16.6. The van der Waals surface area contributed by atoms with Gasteiger partial charge in [0.25, 0.3) is 0 Å². The summed E-state index contributed by atoms with van der Waals surface area (Å²) in [6.07, 6.45) is 0. The van der Waals surface area contributed by atoms with Crippen molar-refractivity contribution in [1.82, 2.24) is 0 Å². The molecule has 0 aliphatic heterocycles. The number of methoxy groups -OCH3 is 1. The monoisotopic (exact) mass is 496 g/mol. The summed E-state index contributed by atoms with van der Waals surface area (Å²) >= 11 is 16.5. The summed E-state index contributed by atoms with van der Waals surface area (Å²) in [5.41, 5.74) is 2.05. The van der Waals surface area contributed by atoms with E-state index < -0.39 is 0 Å². The highest BCUT2D eigenvalue weighted by Gasteiger charge is 2.11. The topological polar surface area (TPSA) is 18.5 Å². The van der Waals surface area contributed by atoms with Gasteiger partial charge in [-0.15, -0.1) is 0 Å². The Morgan fingerprint density at radius 1 is 1.10 bits per heavy atom. The third-order valence-corrected chi connectivity index (χ3v) is 4.89. The molecule has 0 bridgehead atoms. The van der Waals surface area contributed by atoms with Crippen molar-refractivity contribution in [2.45, 2.75) is 11.9 Å². The van der Waals surface area contributed by atoms with Gasteiger partial charge in [0, 0.05) is 15.9 Å². The number of ether oxygens (including phenoxy) is 2. The van der Waals surface area contributed by atoms with E-state index in [4.69, 9.17) is 21.1 Å². The summed E-state index contributed by atoms with van der Waals surface area (Å²) in [5, 5.41) is 1.44. The fourth-order valence-electron chi connectivity index (χ4n) is 1.84. The first-order chi connectivity index (χ1) is 10.0. The van der Waals surface area contributed by atoms with Crippen LogP contribution < -0.4 is 9.47 Å². The van der Waals surface area contributed by atoms with E-state index in [9.17, 15) is 0 Å². The molecule has 0 spiro atoms. The van der Waals surface area contributed by atoms with E-state index in [1.165, 1.54) is 0 Å². The number of hydrogen-bond acceptors (Lipinski definition) is 2. The molecule has 0 aliphatic rings. The quantitative estimate of drug-likeness (QED) is 0.447. The van der Waals surface area contributed by atoms with Crippen LogP contribution in [0, 0.1) is 0 Å². The molecule has 0 unspecified atom stereocenters. The summed E-state index contributed by atoms with van der Waals surface area (Å²) < 4.78 is 13.0. The van der Waals surface area contributed by atoms with Gasteiger partial charge in [-0.05, 0) is 67.8 Å². The minimum Gasteiger partial charge on any atom is -0.496 e. The third-order valence-electron chi connectivity index (χ3n) is 2.83. The second kappa shape index (κ2) is 7.86. The van der Waals surface area contributed by atoms with Gasteiger partial charge in [0.2, 0.25) is 0 Å². The molecule has 0 fully saturated rings. The molecule has 0 aliphatic carbocycles. The maximum atomic E-state index is 6.02. The number of benzene rings is 2. The molecule has 0 N–H and O–H groups in total. The van der Waals surface area contributed by atoms with Gasteiger partial charge in [0.15, 0.2) is 0 Å². The molecule has 112 valence electrons. The molecule has 0 saturated heterocycles. The van der Waals surface area contributed by atoms with Crippen molar-refractivity contribution in [3.8, 4) is 11.5 Å². The zero-order chi connectivity index (χ0) is 15.4. The standard InChI is InChI=1S/C15H12Br3ClO2/c1-20-14-3-2-11(19)6-10(14)8-21-15-12(17)4-9(7-16)5-13(15)18/h2-6H,7-8H2,1H3. The molecule has 2 nitrogen and oxygen atoms in total. The normalized spacial score (nSPS) is 10.5. The number of alkyl halides is 1. The fourth-order valence-corrected chi connectivity index (χ4v) is 3.87. The summed E-state index contributed by atoms with van der Waals surface area (Å²) in [5.74, 6) is 1.51. The minimum atomic E-state index is 0.370. The van der Waals surface area contributed by atoms with Crippen molar-refractivity contribution >= 4 is 59.4 Å². The van der Waals surface area contributed by atoms with Crippen LogP contribution in [-0.4, -0.2) is 7.11 Å². The third kappa shape index (κ3) is 4.38. The highest BCUT2D eigenvalue weighted by molar-refractivity contribution is 9.11. The first-order valence-electron chi connectivity index (χ1n) is 6.04. The summed E-state index contributed by atoms with van der Waals surface area (Å²) in [4.78, 5) is 0. The second-order valence-corrected chi connectivity index (χ2v) is 6.97. The van der Waals surface area contributed by atoms with Crippen LogP contribution in [0.1, 0.15) is 11.1 Å². The van der Waals surface area contributed by atoms with Gasteiger partial charge < -0.3 is 9.47 Å². The average Bonchev–Trinajstić information content (AvgIpc) is 2.46. The zero-order valence-electron chi connectivity index (χ0n) is 11.1. The Kier molecular flexibility index (Phi) is 6.41. The second-order valence-electron chi connectivity index (χ2n) is 4.27. The van der Waals surface area contributed by atoms with Crippen LogP contribution in [-0.2, 0) is 11.9 Å². The number of rotatable bonds is 5. The summed E-state index contributed by atoms with van der Waals surface area (Å²) in [6, 6.07) is 9.50. The Morgan fingerprint density at radius 2 is 1.76 bits per heavy atom. The lowest BCUT2D eigenvalue weighted by Crippen LogP contribution is -2.00. The summed E-state index contributed by atoms with van der Waals surface area (Å²) in [7, 11) is 1.63. The molecular weight excluding hydrogens is 487 g/mol. The maximum Gasteiger partial charge on any atom is 0.148 e.